The number of benzene rings is 7. The number of carbonyl (C=O) groups is 1. The first-order valence-corrected chi connectivity index (χ1v) is 17.5. The SMILES string of the molecule is CC.CC(=O)Nc1ccccc1.Oc1ccc2ccccc2c1N=Nc1ccc(-c2nnc(-c3ccc(N=Nc4c(O)ccc5ccccc45)cc3)o2)cc1. The van der Waals surface area contributed by atoms with Crippen molar-refractivity contribution in [3.63, 3.8) is 0 Å². The van der Waals surface area contributed by atoms with Crippen LogP contribution in [0.15, 0.2) is 177 Å². The van der Waals surface area contributed by atoms with Crippen molar-refractivity contribution < 1.29 is 19.4 Å². The van der Waals surface area contributed by atoms with E-state index in [1.807, 2.05) is 129 Å². The highest BCUT2D eigenvalue weighted by Crippen LogP contribution is 2.37. The van der Waals surface area contributed by atoms with E-state index in [1.165, 1.54) is 6.92 Å². The molecule has 3 N–H and O–H groups in total. The Labute approximate surface area is 317 Å². The Morgan fingerprint density at radius 2 is 0.945 bits per heavy atom. The van der Waals surface area contributed by atoms with Gasteiger partial charge in [0.15, 0.2) is 0 Å². The zero-order chi connectivity index (χ0) is 38.6. The third-order valence-electron chi connectivity index (χ3n) is 8.04. The number of hydrogen-bond donors (Lipinski definition) is 3. The summed E-state index contributed by atoms with van der Waals surface area (Å²) in [5.74, 6) is 0.822. The van der Waals surface area contributed by atoms with Crippen molar-refractivity contribution in [2.45, 2.75) is 20.8 Å². The van der Waals surface area contributed by atoms with Gasteiger partial charge in [-0.3, -0.25) is 4.79 Å². The maximum absolute atomic E-state index is 10.5. The van der Waals surface area contributed by atoms with Gasteiger partial charge in [-0.2, -0.15) is 10.2 Å². The highest BCUT2D eigenvalue weighted by Gasteiger charge is 2.12. The van der Waals surface area contributed by atoms with E-state index in [0.717, 1.165) is 38.4 Å². The first-order valence-electron chi connectivity index (χ1n) is 17.5. The number of nitrogens with zero attached hydrogens (tertiary/aromatic N) is 6. The third-order valence-corrected chi connectivity index (χ3v) is 8.04. The molecule has 8 aromatic rings. The number of hydrogen-bond acceptors (Lipinski definition) is 10. The molecule has 0 radical (unpaired) electrons. The number of rotatable bonds is 7. The minimum absolute atomic E-state index is 0.0359. The predicted octanol–water partition coefficient (Wildman–Crippen LogP) is 12.6. The highest BCUT2D eigenvalue weighted by atomic mass is 16.4. The van der Waals surface area contributed by atoms with Crippen LogP contribution in [0, 0.1) is 0 Å². The Bertz CT molecular complexity index is 2430. The van der Waals surface area contributed by atoms with Gasteiger partial charge in [-0.25, -0.2) is 0 Å². The maximum atomic E-state index is 10.5. The molecule has 0 aliphatic rings. The van der Waals surface area contributed by atoms with E-state index in [-0.39, 0.29) is 17.4 Å². The molecule has 0 saturated heterocycles. The van der Waals surface area contributed by atoms with Crippen LogP contribution >= 0.6 is 0 Å². The van der Waals surface area contributed by atoms with E-state index in [4.69, 9.17) is 4.42 Å². The van der Waals surface area contributed by atoms with E-state index in [1.54, 1.807) is 36.4 Å². The van der Waals surface area contributed by atoms with E-state index < -0.39 is 0 Å². The number of azo groups is 2. The second-order valence-corrected chi connectivity index (χ2v) is 11.8. The molecule has 0 fully saturated rings. The van der Waals surface area contributed by atoms with Crippen LogP contribution in [-0.2, 0) is 4.79 Å². The van der Waals surface area contributed by atoms with Gasteiger partial charge >= 0.3 is 0 Å². The molecule has 0 spiro atoms. The Morgan fingerprint density at radius 1 is 0.527 bits per heavy atom. The fourth-order valence-electron chi connectivity index (χ4n) is 5.44. The van der Waals surface area contributed by atoms with Gasteiger partial charge in [0, 0.05) is 34.5 Å². The normalized spacial score (nSPS) is 10.9. The molecule has 0 saturated carbocycles. The van der Waals surface area contributed by atoms with E-state index in [0.29, 0.717) is 34.5 Å². The second-order valence-electron chi connectivity index (χ2n) is 11.8. The number of carbonyl (C=O) groups excluding carboxylic acids is 1. The minimum Gasteiger partial charge on any atom is -0.506 e. The predicted molar refractivity (Wildman–Crippen MR) is 217 cm³/mol. The summed E-state index contributed by atoms with van der Waals surface area (Å²) >= 11 is 0. The first kappa shape index (κ1) is 37.2. The molecule has 272 valence electrons. The number of anilines is 1. The number of nitrogens with one attached hydrogen (secondary N) is 1. The zero-order valence-corrected chi connectivity index (χ0v) is 30.3. The summed E-state index contributed by atoms with van der Waals surface area (Å²) in [6.45, 7) is 5.49. The molecule has 8 rings (SSSR count). The lowest BCUT2D eigenvalue weighted by molar-refractivity contribution is -0.114. The number of para-hydroxylation sites is 1. The van der Waals surface area contributed by atoms with Gasteiger partial charge in [-0.1, -0.05) is 92.7 Å². The Morgan fingerprint density at radius 3 is 1.38 bits per heavy atom. The number of amides is 1. The molecule has 55 heavy (non-hydrogen) atoms. The molecule has 11 heteroatoms. The summed E-state index contributed by atoms with van der Waals surface area (Å²) in [6.07, 6.45) is 0. The molecule has 1 heterocycles. The van der Waals surface area contributed by atoms with Crippen molar-refractivity contribution in [1.82, 2.24) is 10.2 Å². The van der Waals surface area contributed by atoms with Crippen molar-refractivity contribution in [2.75, 3.05) is 5.32 Å². The fraction of sp³-hybridized carbons (Fsp3) is 0.0682. The Balaban J connectivity index is 0.000000371. The molecule has 11 nitrogen and oxygen atoms in total. The lowest BCUT2D eigenvalue weighted by atomic mass is 10.1. The van der Waals surface area contributed by atoms with Crippen LogP contribution in [0.2, 0.25) is 0 Å². The Kier molecular flexibility index (Phi) is 12.0. The Hall–Kier alpha value is -7.53. The number of phenols is 2. The summed E-state index contributed by atoms with van der Waals surface area (Å²) in [5, 5.41) is 52.5. The summed E-state index contributed by atoms with van der Waals surface area (Å²) in [7, 11) is 0. The number of fused-ring (bicyclic) bond motifs is 2. The molecule has 0 aliphatic carbocycles. The van der Waals surface area contributed by atoms with Crippen LogP contribution in [0.1, 0.15) is 20.8 Å². The zero-order valence-electron chi connectivity index (χ0n) is 30.3. The average Bonchev–Trinajstić information content (AvgIpc) is 3.72. The van der Waals surface area contributed by atoms with E-state index in [9.17, 15) is 15.0 Å². The molecule has 0 unspecified atom stereocenters. The lowest BCUT2D eigenvalue weighted by Gasteiger charge is -2.03. The van der Waals surface area contributed by atoms with Crippen LogP contribution in [-0.4, -0.2) is 26.3 Å². The topological polar surface area (TPSA) is 158 Å². The summed E-state index contributed by atoms with van der Waals surface area (Å²) in [4.78, 5) is 10.5. The largest absolute Gasteiger partial charge is 0.506 e. The highest BCUT2D eigenvalue weighted by molar-refractivity contribution is 5.96. The monoisotopic (exact) mass is 727 g/mol. The first-order chi connectivity index (χ1) is 26.9. The molecule has 0 aliphatic heterocycles. The van der Waals surface area contributed by atoms with Crippen molar-refractivity contribution in [3.05, 3.63) is 152 Å². The van der Waals surface area contributed by atoms with Crippen LogP contribution in [0.5, 0.6) is 11.5 Å². The third kappa shape index (κ3) is 9.29. The van der Waals surface area contributed by atoms with E-state index >= 15 is 0 Å². The van der Waals surface area contributed by atoms with Crippen molar-refractivity contribution >= 4 is 55.9 Å². The van der Waals surface area contributed by atoms with Crippen molar-refractivity contribution in [1.29, 1.82) is 0 Å². The smallest absolute Gasteiger partial charge is 0.248 e. The van der Waals surface area contributed by atoms with Gasteiger partial charge in [-0.05, 0) is 83.6 Å². The number of aromatic hydroxyl groups is 2. The molecule has 1 amide bonds. The van der Waals surface area contributed by atoms with Crippen molar-refractivity contribution in [3.8, 4) is 34.4 Å². The lowest BCUT2D eigenvalue weighted by Crippen LogP contribution is -2.04. The average molecular weight is 728 g/mol. The summed E-state index contributed by atoms with van der Waals surface area (Å²) < 4.78 is 5.93. The van der Waals surface area contributed by atoms with Crippen LogP contribution in [0.25, 0.3) is 44.5 Å². The van der Waals surface area contributed by atoms with Gasteiger partial charge in [0.05, 0.1) is 11.4 Å². The van der Waals surface area contributed by atoms with Crippen LogP contribution < -0.4 is 5.32 Å². The summed E-state index contributed by atoms with van der Waals surface area (Å²) in [5.41, 5.74) is 4.35. The van der Waals surface area contributed by atoms with Crippen LogP contribution in [0.4, 0.5) is 28.4 Å². The molecule has 7 aromatic carbocycles. The number of aromatic nitrogens is 2. The molecular weight excluding hydrogens is 691 g/mol. The molecule has 0 bridgehead atoms. The van der Waals surface area contributed by atoms with Gasteiger partial charge in [0.2, 0.25) is 17.7 Å². The minimum atomic E-state index is -0.0359. The fourth-order valence-corrected chi connectivity index (χ4v) is 5.44. The summed E-state index contributed by atoms with van der Waals surface area (Å²) in [6, 6.07) is 46.1. The van der Waals surface area contributed by atoms with Crippen LogP contribution in [0.3, 0.4) is 0 Å². The quantitative estimate of drug-likeness (QED) is 0.139. The second kappa shape index (κ2) is 17.8. The molecule has 1 aromatic heterocycles. The maximum Gasteiger partial charge on any atom is 0.248 e. The van der Waals surface area contributed by atoms with Gasteiger partial charge < -0.3 is 19.9 Å². The number of phenolic OH excluding ortho intramolecular Hbond substituents is 2. The van der Waals surface area contributed by atoms with Gasteiger partial charge in [0.25, 0.3) is 0 Å². The van der Waals surface area contributed by atoms with Crippen molar-refractivity contribution in [2.24, 2.45) is 20.5 Å². The molecule has 0 atom stereocenters. The van der Waals surface area contributed by atoms with E-state index in [2.05, 4.69) is 36.0 Å². The van der Waals surface area contributed by atoms with Gasteiger partial charge in [0.1, 0.15) is 22.9 Å². The standard InChI is InChI=1S/C34H22N6O3.C8H9NO.C2H6/c41-29-19-13-21-5-1-3-7-27(21)31(29)37-35-25-15-9-23(10-16-25)33-39-40-34(43-33)24-11-17-26(18-12-24)36-38-32-28-8-4-2-6-22(28)14-20-30(32)42;1-7(10)9-8-5-3-2-4-6-8;1-2/h1-20,41-42H;2-6H,1H3,(H,9,10);1-2H3. The molecular formula is C44H37N7O4. The van der Waals surface area contributed by atoms with Gasteiger partial charge in [-0.15, -0.1) is 20.4 Å².